The minimum Gasteiger partial charge on any atom is -0.476 e. The maximum Gasteiger partial charge on any atom is 0.356 e. The third kappa shape index (κ3) is 2.83. The van der Waals surface area contributed by atoms with E-state index in [1.165, 1.54) is 10.9 Å². The molecule has 0 spiro atoms. The van der Waals surface area contributed by atoms with E-state index >= 15 is 0 Å². The molecule has 0 aliphatic carbocycles. The van der Waals surface area contributed by atoms with Crippen molar-refractivity contribution in [2.24, 2.45) is 0 Å². The third-order valence-corrected chi connectivity index (χ3v) is 4.40. The molecular formula is C12H9BrCl2N2O3. The SMILES string of the molecule is O=C(O)c1nn(-c2ccc(Br)c(Cl)c2Cl)cc1CCO. The lowest BCUT2D eigenvalue weighted by molar-refractivity contribution is 0.0688. The fourth-order valence-corrected chi connectivity index (χ4v) is 2.56. The third-order valence-electron chi connectivity index (χ3n) is 2.64. The topological polar surface area (TPSA) is 75.3 Å². The first kappa shape index (κ1) is 15.3. The van der Waals surface area contributed by atoms with Crippen LogP contribution in [0.3, 0.4) is 0 Å². The average molecular weight is 380 g/mol. The minimum absolute atomic E-state index is 0.117. The molecule has 0 amide bonds. The lowest BCUT2D eigenvalue weighted by atomic mass is 10.2. The summed E-state index contributed by atoms with van der Waals surface area (Å²) in [7, 11) is 0. The molecule has 0 saturated heterocycles. The van der Waals surface area contributed by atoms with Gasteiger partial charge in [0.2, 0.25) is 0 Å². The molecule has 0 atom stereocenters. The number of rotatable bonds is 4. The summed E-state index contributed by atoms with van der Waals surface area (Å²) >= 11 is 15.4. The second-order valence-corrected chi connectivity index (χ2v) is 5.53. The number of aliphatic hydroxyl groups is 1. The highest BCUT2D eigenvalue weighted by Crippen LogP contribution is 2.34. The highest BCUT2D eigenvalue weighted by Gasteiger charge is 2.18. The summed E-state index contributed by atoms with van der Waals surface area (Å²) in [6, 6.07) is 3.36. The van der Waals surface area contributed by atoms with E-state index in [1.807, 2.05) is 0 Å². The van der Waals surface area contributed by atoms with Gasteiger partial charge >= 0.3 is 5.97 Å². The van der Waals surface area contributed by atoms with Crippen molar-refractivity contribution in [2.45, 2.75) is 6.42 Å². The molecule has 8 heteroatoms. The van der Waals surface area contributed by atoms with Crippen LogP contribution < -0.4 is 0 Å². The molecule has 0 bridgehead atoms. The number of carboxylic acids is 1. The van der Waals surface area contributed by atoms with E-state index in [4.69, 9.17) is 33.4 Å². The summed E-state index contributed by atoms with van der Waals surface area (Å²) in [4.78, 5) is 11.1. The van der Waals surface area contributed by atoms with Crippen LogP contribution in [0.25, 0.3) is 5.69 Å². The van der Waals surface area contributed by atoms with Gasteiger partial charge in [0.1, 0.15) is 0 Å². The van der Waals surface area contributed by atoms with Crippen LogP contribution in [0.4, 0.5) is 0 Å². The monoisotopic (exact) mass is 378 g/mol. The number of hydrogen-bond acceptors (Lipinski definition) is 3. The number of nitrogens with zero attached hydrogens (tertiary/aromatic N) is 2. The van der Waals surface area contributed by atoms with E-state index < -0.39 is 5.97 Å². The Morgan fingerprint density at radius 1 is 1.35 bits per heavy atom. The smallest absolute Gasteiger partial charge is 0.356 e. The van der Waals surface area contributed by atoms with E-state index in [2.05, 4.69) is 21.0 Å². The van der Waals surface area contributed by atoms with Crippen molar-refractivity contribution in [2.75, 3.05) is 6.61 Å². The van der Waals surface area contributed by atoms with E-state index in [0.717, 1.165) is 0 Å². The molecule has 1 aromatic heterocycles. The Morgan fingerprint density at radius 2 is 2.05 bits per heavy atom. The summed E-state index contributed by atoms with van der Waals surface area (Å²) in [5.74, 6) is -1.16. The largest absolute Gasteiger partial charge is 0.476 e. The average Bonchev–Trinajstić information content (AvgIpc) is 2.80. The van der Waals surface area contributed by atoms with Crippen molar-refractivity contribution in [1.82, 2.24) is 9.78 Å². The van der Waals surface area contributed by atoms with E-state index in [-0.39, 0.29) is 23.7 Å². The molecule has 0 aliphatic heterocycles. The summed E-state index contributed by atoms with van der Waals surface area (Å²) < 4.78 is 1.98. The normalized spacial score (nSPS) is 10.8. The molecule has 2 rings (SSSR count). The predicted octanol–water partition coefficient (Wildman–Crippen LogP) is 3.17. The Morgan fingerprint density at radius 3 is 2.65 bits per heavy atom. The number of halogens is 3. The molecule has 1 heterocycles. The van der Waals surface area contributed by atoms with Crippen molar-refractivity contribution < 1.29 is 15.0 Å². The summed E-state index contributed by atoms with van der Waals surface area (Å²) in [5, 5.41) is 22.6. The van der Waals surface area contributed by atoms with Gasteiger partial charge in [-0.15, -0.1) is 0 Å². The molecule has 0 aliphatic rings. The first-order chi connectivity index (χ1) is 9.45. The van der Waals surface area contributed by atoms with E-state index in [0.29, 0.717) is 20.7 Å². The van der Waals surface area contributed by atoms with Gasteiger partial charge in [-0.25, -0.2) is 9.48 Å². The molecule has 2 aromatic rings. The van der Waals surface area contributed by atoms with Gasteiger partial charge in [0.05, 0.1) is 15.7 Å². The van der Waals surface area contributed by atoms with Gasteiger partial charge < -0.3 is 10.2 Å². The van der Waals surface area contributed by atoms with Crippen LogP contribution in [0.15, 0.2) is 22.8 Å². The molecule has 1 aromatic carbocycles. The molecule has 20 heavy (non-hydrogen) atoms. The zero-order valence-electron chi connectivity index (χ0n) is 9.98. The Hall–Kier alpha value is -1.08. The van der Waals surface area contributed by atoms with Crippen LogP contribution in [-0.4, -0.2) is 32.6 Å². The quantitative estimate of drug-likeness (QED) is 0.800. The molecule has 0 radical (unpaired) electrons. The Kier molecular flexibility index (Phi) is 4.70. The number of aromatic nitrogens is 2. The Labute approximate surface area is 132 Å². The Balaban J connectivity index is 2.56. The molecule has 2 N–H and O–H groups in total. The molecule has 0 fully saturated rings. The molecule has 0 unspecified atom stereocenters. The molecule has 5 nitrogen and oxygen atoms in total. The fraction of sp³-hybridized carbons (Fsp3) is 0.167. The van der Waals surface area contributed by atoms with Crippen LogP contribution >= 0.6 is 39.1 Å². The van der Waals surface area contributed by atoms with Crippen LogP contribution in [0.2, 0.25) is 10.0 Å². The van der Waals surface area contributed by atoms with Gasteiger partial charge in [-0.05, 0) is 34.5 Å². The van der Waals surface area contributed by atoms with Crippen LogP contribution in [0, 0.1) is 0 Å². The van der Waals surface area contributed by atoms with Crippen molar-refractivity contribution in [3.05, 3.63) is 44.1 Å². The van der Waals surface area contributed by atoms with Gasteiger partial charge in [-0.1, -0.05) is 23.2 Å². The zero-order valence-corrected chi connectivity index (χ0v) is 13.1. The number of aromatic carboxylic acids is 1. The fourth-order valence-electron chi connectivity index (χ4n) is 1.71. The van der Waals surface area contributed by atoms with Crippen molar-refractivity contribution in [3.8, 4) is 5.69 Å². The van der Waals surface area contributed by atoms with Gasteiger partial charge in [0.15, 0.2) is 5.69 Å². The lowest BCUT2D eigenvalue weighted by Gasteiger charge is -2.07. The van der Waals surface area contributed by atoms with Gasteiger partial charge in [0, 0.05) is 22.8 Å². The number of carbonyl (C=O) groups is 1. The predicted molar refractivity (Wildman–Crippen MR) is 79.0 cm³/mol. The standard InChI is InChI=1S/C12H9BrCl2N2O3/c13-7-1-2-8(10(15)9(7)14)17-5-6(3-4-18)11(16-17)12(19)20/h1-2,5,18H,3-4H2,(H,19,20). The molecule has 0 saturated carbocycles. The highest BCUT2D eigenvalue weighted by molar-refractivity contribution is 9.10. The van der Waals surface area contributed by atoms with Crippen LogP contribution in [-0.2, 0) is 6.42 Å². The van der Waals surface area contributed by atoms with E-state index in [9.17, 15) is 4.79 Å². The van der Waals surface area contributed by atoms with Gasteiger partial charge in [0.25, 0.3) is 0 Å². The Bertz CT molecular complexity index is 673. The van der Waals surface area contributed by atoms with Crippen LogP contribution in [0.5, 0.6) is 0 Å². The molecular weight excluding hydrogens is 371 g/mol. The summed E-state index contributed by atoms with van der Waals surface area (Å²) in [6.45, 7) is -0.166. The molecule has 106 valence electrons. The van der Waals surface area contributed by atoms with Crippen molar-refractivity contribution in [1.29, 1.82) is 0 Å². The minimum atomic E-state index is -1.16. The summed E-state index contributed by atoms with van der Waals surface area (Å²) in [5.41, 5.74) is 0.774. The van der Waals surface area contributed by atoms with E-state index in [1.54, 1.807) is 12.1 Å². The maximum absolute atomic E-state index is 11.1. The maximum atomic E-state index is 11.1. The lowest BCUT2D eigenvalue weighted by Crippen LogP contribution is -2.04. The van der Waals surface area contributed by atoms with Crippen molar-refractivity contribution >= 4 is 45.1 Å². The van der Waals surface area contributed by atoms with Crippen molar-refractivity contribution in [3.63, 3.8) is 0 Å². The first-order valence-corrected chi connectivity index (χ1v) is 7.07. The zero-order chi connectivity index (χ0) is 14.9. The second kappa shape index (κ2) is 6.13. The number of benzene rings is 1. The van der Waals surface area contributed by atoms with Crippen LogP contribution in [0.1, 0.15) is 16.1 Å². The number of hydrogen-bond donors (Lipinski definition) is 2. The van der Waals surface area contributed by atoms with Gasteiger partial charge in [-0.2, -0.15) is 5.10 Å². The number of carboxylic acid groups (broad SMARTS) is 1. The first-order valence-electron chi connectivity index (χ1n) is 5.52. The summed E-state index contributed by atoms with van der Waals surface area (Å²) in [6.07, 6.45) is 1.72. The highest BCUT2D eigenvalue weighted by atomic mass is 79.9. The number of aliphatic hydroxyl groups excluding tert-OH is 1. The van der Waals surface area contributed by atoms with Gasteiger partial charge in [-0.3, -0.25) is 0 Å². The second-order valence-electron chi connectivity index (χ2n) is 3.92.